The molecular formula is C30H35N9O3. The van der Waals surface area contributed by atoms with Gasteiger partial charge in [-0.1, -0.05) is 0 Å². The van der Waals surface area contributed by atoms with Crippen LogP contribution in [0.25, 0.3) is 11.4 Å². The van der Waals surface area contributed by atoms with E-state index in [4.69, 9.17) is 24.4 Å². The molecule has 0 spiro atoms. The van der Waals surface area contributed by atoms with Gasteiger partial charge in [-0.2, -0.15) is 15.0 Å². The first-order chi connectivity index (χ1) is 20.6. The smallest absolute Gasteiger partial charge is 0.323 e. The number of nitrogens with one attached hydrogen (secondary N) is 3. The number of aromatic nitrogens is 3. The quantitative estimate of drug-likeness (QED) is 0.409. The van der Waals surface area contributed by atoms with Crippen LogP contribution in [-0.2, 0) is 9.47 Å². The Bertz CT molecular complexity index is 1400. The third-order valence-electron chi connectivity index (χ3n) is 8.93. The molecule has 6 heterocycles. The summed E-state index contributed by atoms with van der Waals surface area (Å²) in [6.07, 6.45) is 2.52. The Balaban J connectivity index is 0.971. The van der Waals surface area contributed by atoms with E-state index in [-0.39, 0.29) is 18.2 Å². The predicted molar refractivity (Wildman–Crippen MR) is 160 cm³/mol. The number of carbonyl (C=O) groups excluding carboxylic acids is 1. The van der Waals surface area contributed by atoms with Gasteiger partial charge in [-0.3, -0.25) is 0 Å². The average molecular weight is 570 g/mol. The monoisotopic (exact) mass is 569 g/mol. The summed E-state index contributed by atoms with van der Waals surface area (Å²) in [4.78, 5) is 34.4. The third kappa shape index (κ3) is 4.99. The second-order valence-electron chi connectivity index (χ2n) is 11.7. The number of rotatable bonds is 6. The Morgan fingerprint density at radius 1 is 0.762 bits per heavy atom. The number of hydrogen-bond acceptors (Lipinski definition) is 10. The predicted octanol–water partition coefficient (Wildman–Crippen LogP) is 2.55. The number of nitrogens with zero attached hydrogens (tertiary/aromatic N) is 6. The number of carbonyl (C=O) groups is 1. The van der Waals surface area contributed by atoms with Crippen molar-refractivity contribution in [1.29, 1.82) is 0 Å². The summed E-state index contributed by atoms with van der Waals surface area (Å²) < 4.78 is 11.6. The highest BCUT2D eigenvalue weighted by molar-refractivity contribution is 5.99. The van der Waals surface area contributed by atoms with Crippen molar-refractivity contribution < 1.29 is 14.3 Å². The van der Waals surface area contributed by atoms with Crippen LogP contribution in [0.3, 0.4) is 0 Å². The van der Waals surface area contributed by atoms with Gasteiger partial charge in [0.1, 0.15) is 0 Å². The number of hydrogen-bond donors (Lipinski definition) is 3. The Labute approximate surface area is 244 Å². The molecule has 5 aliphatic rings. The summed E-state index contributed by atoms with van der Waals surface area (Å²) in [6.45, 7) is 6.98. The summed E-state index contributed by atoms with van der Waals surface area (Å²) in [5.74, 6) is 2.04. The van der Waals surface area contributed by atoms with E-state index in [1.807, 2.05) is 48.5 Å². The molecule has 0 aliphatic carbocycles. The lowest BCUT2D eigenvalue weighted by atomic mass is 10.2. The van der Waals surface area contributed by atoms with Crippen LogP contribution in [0.2, 0.25) is 0 Å². The number of piperazine rings is 1. The van der Waals surface area contributed by atoms with Crippen LogP contribution in [0.1, 0.15) is 12.8 Å². The van der Waals surface area contributed by atoms with E-state index in [0.717, 1.165) is 63.4 Å². The highest BCUT2D eigenvalue weighted by atomic mass is 16.5. The zero-order valence-corrected chi connectivity index (χ0v) is 23.4. The SMILES string of the molecule is O=C(Nc1ccc(-c2nc(N3CC4CC3CO4)nc(N3C[C@@H]4C[C@H]3CO4)n2)cc1)Nc1ccc(N2CCNCC2)cc1. The van der Waals surface area contributed by atoms with Crippen LogP contribution in [-0.4, -0.2) is 97.8 Å². The molecule has 12 heteroatoms. The molecule has 3 N–H and O–H groups in total. The summed E-state index contributed by atoms with van der Waals surface area (Å²) in [5, 5.41) is 9.22. The van der Waals surface area contributed by atoms with Gasteiger partial charge in [-0.25, -0.2) is 4.79 Å². The molecule has 1 aromatic heterocycles. The lowest BCUT2D eigenvalue weighted by Crippen LogP contribution is -2.43. The molecule has 4 atom stereocenters. The number of amides is 2. The summed E-state index contributed by atoms with van der Waals surface area (Å²) in [7, 11) is 0. The van der Waals surface area contributed by atoms with Gasteiger partial charge < -0.3 is 40.1 Å². The van der Waals surface area contributed by atoms with Crippen LogP contribution in [0, 0.1) is 0 Å². The number of ether oxygens (including phenoxy) is 2. The standard InChI is InChI=1S/C30H35N9O3/c40-30(33-21-5-7-22(8-6-21)37-11-9-31-10-12-37)32-20-3-1-19(2-4-20)27-34-28(38-15-25-13-23(38)17-41-25)36-29(35-27)39-16-26-14-24(39)18-42-26/h1-8,23-26,31H,9-18H2,(H2,32,33,40)/t23-,24?,25-,26?/m0/s1. The van der Waals surface area contributed by atoms with E-state index >= 15 is 0 Å². The van der Waals surface area contributed by atoms with Crippen molar-refractivity contribution in [2.45, 2.75) is 37.1 Å². The second-order valence-corrected chi connectivity index (χ2v) is 11.7. The van der Waals surface area contributed by atoms with Gasteiger partial charge in [0.15, 0.2) is 5.82 Å². The van der Waals surface area contributed by atoms with Crippen LogP contribution in [0.15, 0.2) is 48.5 Å². The van der Waals surface area contributed by atoms with Crippen molar-refractivity contribution in [3.05, 3.63) is 48.5 Å². The molecule has 5 aliphatic heterocycles. The minimum atomic E-state index is -0.292. The van der Waals surface area contributed by atoms with Crippen LogP contribution < -0.4 is 30.7 Å². The van der Waals surface area contributed by atoms with Gasteiger partial charge in [0, 0.05) is 61.9 Å². The van der Waals surface area contributed by atoms with Gasteiger partial charge in [-0.15, -0.1) is 0 Å². The largest absolute Gasteiger partial charge is 0.374 e. The Kier molecular flexibility index (Phi) is 6.53. The highest BCUT2D eigenvalue weighted by Gasteiger charge is 2.43. The van der Waals surface area contributed by atoms with E-state index < -0.39 is 0 Å². The summed E-state index contributed by atoms with van der Waals surface area (Å²) in [6, 6.07) is 15.9. The van der Waals surface area contributed by atoms with Gasteiger partial charge in [0.05, 0.1) is 37.5 Å². The Morgan fingerprint density at radius 2 is 1.31 bits per heavy atom. The molecule has 0 radical (unpaired) electrons. The minimum absolute atomic E-state index is 0.247. The first kappa shape index (κ1) is 25.7. The Morgan fingerprint density at radius 3 is 1.81 bits per heavy atom. The molecule has 5 fully saturated rings. The number of anilines is 5. The minimum Gasteiger partial charge on any atom is -0.374 e. The van der Waals surface area contributed by atoms with Gasteiger partial charge in [-0.05, 0) is 61.4 Å². The van der Waals surface area contributed by atoms with Crippen LogP contribution in [0.4, 0.5) is 33.8 Å². The molecule has 4 bridgehead atoms. The molecule has 2 unspecified atom stereocenters. The van der Waals surface area contributed by atoms with Crippen molar-refractivity contribution in [2.24, 2.45) is 0 Å². The maximum Gasteiger partial charge on any atom is 0.323 e. The van der Waals surface area contributed by atoms with E-state index in [1.54, 1.807) is 0 Å². The lowest BCUT2D eigenvalue weighted by Gasteiger charge is -2.30. The molecule has 2 aromatic carbocycles. The number of benzene rings is 2. The first-order valence-corrected chi connectivity index (χ1v) is 14.9. The first-order valence-electron chi connectivity index (χ1n) is 14.9. The second kappa shape index (κ2) is 10.7. The van der Waals surface area contributed by atoms with Crippen LogP contribution >= 0.6 is 0 Å². The van der Waals surface area contributed by atoms with Crippen molar-refractivity contribution in [3.8, 4) is 11.4 Å². The zero-order valence-electron chi connectivity index (χ0n) is 23.4. The van der Waals surface area contributed by atoms with E-state index in [9.17, 15) is 4.79 Å². The van der Waals surface area contributed by atoms with Gasteiger partial charge >= 0.3 is 6.03 Å². The topological polar surface area (TPSA) is 120 Å². The fourth-order valence-corrected chi connectivity index (χ4v) is 6.70. The maximum atomic E-state index is 12.7. The van der Waals surface area contributed by atoms with Crippen LogP contribution in [0.5, 0.6) is 0 Å². The average Bonchev–Trinajstić information content (AvgIpc) is 3.85. The van der Waals surface area contributed by atoms with Crippen molar-refractivity contribution in [3.63, 3.8) is 0 Å². The highest BCUT2D eigenvalue weighted by Crippen LogP contribution is 2.35. The molecular weight excluding hydrogens is 534 g/mol. The molecule has 8 rings (SSSR count). The van der Waals surface area contributed by atoms with Crippen molar-refractivity contribution >= 4 is 35.0 Å². The molecule has 42 heavy (non-hydrogen) atoms. The van der Waals surface area contributed by atoms with Gasteiger partial charge in [0.2, 0.25) is 11.9 Å². The summed E-state index contributed by atoms with van der Waals surface area (Å²) in [5.41, 5.74) is 3.47. The Hall–Kier alpha value is -4.00. The van der Waals surface area contributed by atoms with E-state index in [1.165, 1.54) is 5.69 Å². The molecule has 218 valence electrons. The maximum absolute atomic E-state index is 12.7. The molecule has 2 amide bonds. The molecule has 12 nitrogen and oxygen atoms in total. The molecule has 3 aromatic rings. The normalized spacial score (nSPS) is 26.2. The summed E-state index contributed by atoms with van der Waals surface area (Å²) >= 11 is 0. The number of morpholine rings is 2. The zero-order chi connectivity index (χ0) is 28.0. The number of fused-ring (bicyclic) bond motifs is 4. The van der Waals surface area contributed by atoms with Crippen molar-refractivity contribution in [2.75, 3.05) is 77.8 Å². The van der Waals surface area contributed by atoms with E-state index in [2.05, 4.69) is 30.7 Å². The molecule has 0 saturated carbocycles. The van der Waals surface area contributed by atoms with E-state index in [0.29, 0.717) is 48.7 Å². The third-order valence-corrected chi connectivity index (χ3v) is 8.93. The fraction of sp³-hybridized carbons (Fsp3) is 0.467. The van der Waals surface area contributed by atoms with Crippen molar-refractivity contribution in [1.82, 2.24) is 20.3 Å². The van der Waals surface area contributed by atoms with Gasteiger partial charge in [0.25, 0.3) is 0 Å². The lowest BCUT2D eigenvalue weighted by molar-refractivity contribution is 0.0980. The molecule has 5 saturated heterocycles. The number of urea groups is 1. The fourth-order valence-electron chi connectivity index (χ4n) is 6.70.